The van der Waals surface area contributed by atoms with Crippen LogP contribution in [0.25, 0.3) is 0 Å². The summed E-state index contributed by atoms with van der Waals surface area (Å²) >= 11 is 0. The van der Waals surface area contributed by atoms with E-state index in [1.807, 2.05) is 0 Å². The summed E-state index contributed by atoms with van der Waals surface area (Å²) in [7, 11) is 1.28. The van der Waals surface area contributed by atoms with Crippen molar-refractivity contribution in [3.05, 3.63) is 12.7 Å². The number of hydrogen-bond donors (Lipinski definition) is 1. The SMILES string of the molecule is C=CC[C@@](C)(NC(C)=O)C(=O)OC. The number of methoxy groups -OCH3 is 1. The molecule has 0 aromatic carbocycles. The number of esters is 1. The van der Waals surface area contributed by atoms with E-state index in [1.54, 1.807) is 13.0 Å². The van der Waals surface area contributed by atoms with Crippen molar-refractivity contribution in [1.29, 1.82) is 0 Å². The molecule has 0 fully saturated rings. The summed E-state index contributed by atoms with van der Waals surface area (Å²) in [6.07, 6.45) is 1.91. The Bertz CT molecular complexity index is 225. The molecule has 0 saturated carbocycles. The molecule has 4 nitrogen and oxygen atoms in total. The van der Waals surface area contributed by atoms with Crippen molar-refractivity contribution in [1.82, 2.24) is 5.32 Å². The third-order valence-corrected chi connectivity index (χ3v) is 1.64. The summed E-state index contributed by atoms with van der Waals surface area (Å²) in [6, 6.07) is 0. The topological polar surface area (TPSA) is 55.4 Å². The van der Waals surface area contributed by atoms with E-state index in [-0.39, 0.29) is 5.91 Å². The normalized spacial score (nSPS) is 14.1. The van der Waals surface area contributed by atoms with Gasteiger partial charge in [0.15, 0.2) is 0 Å². The highest BCUT2D eigenvalue weighted by molar-refractivity contribution is 5.86. The fraction of sp³-hybridized carbons (Fsp3) is 0.556. The molecule has 74 valence electrons. The molecular weight excluding hydrogens is 170 g/mol. The third-order valence-electron chi connectivity index (χ3n) is 1.64. The molecule has 1 amide bonds. The van der Waals surface area contributed by atoms with Gasteiger partial charge in [0.2, 0.25) is 5.91 Å². The fourth-order valence-corrected chi connectivity index (χ4v) is 1.09. The van der Waals surface area contributed by atoms with Gasteiger partial charge in [-0.1, -0.05) is 6.08 Å². The lowest BCUT2D eigenvalue weighted by Crippen LogP contribution is -2.51. The molecule has 0 spiro atoms. The molecule has 0 aliphatic rings. The summed E-state index contributed by atoms with van der Waals surface area (Å²) in [5, 5.41) is 2.52. The van der Waals surface area contributed by atoms with Gasteiger partial charge in [-0.15, -0.1) is 6.58 Å². The highest BCUT2D eigenvalue weighted by Gasteiger charge is 2.33. The van der Waals surface area contributed by atoms with Gasteiger partial charge in [0.05, 0.1) is 7.11 Å². The highest BCUT2D eigenvalue weighted by atomic mass is 16.5. The lowest BCUT2D eigenvalue weighted by molar-refractivity contribution is -0.149. The predicted molar refractivity (Wildman–Crippen MR) is 49.1 cm³/mol. The van der Waals surface area contributed by atoms with Crippen LogP contribution in [0.5, 0.6) is 0 Å². The van der Waals surface area contributed by atoms with Crippen LogP contribution in [0.2, 0.25) is 0 Å². The number of amides is 1. The molecule has 0 heterocycles. The smallest absolute Gasteiger partial charge is 0.331 e. The van der Waals surface area contributed by atoms with Crippen molar-refractivity contribution in [2.45, 2.75) is 25.8 Å². The molecule has 0 aromatic rings. The average Bonchev–Trinajstić information content (AvgIpc) is 2.02. The Labute approximate surface area is 78.0 Å². The zero-order valence-corrected chi connectivity index (χ0v) is 8.22. The molecule has 0 rings (SSSR count). The van der Waals surface area contributed by atoms with Crippen LogP contribution >= 0.6 is 0 Å². The van der Waals surface area contributed by atoms with Gasteiger partial charge in [-0.3, -0.25) is 4.79 Å². The minimum atomic E-state index is -0.998. The molecule has 1 N–H and O–H groups in total. The van der Waals surface area contributed by atoms with E-state index in [9.17, 15) is 9.59 Å². The van der Waals surface area contributed by atoms with Gasteiger partial charge in [0.25, 0.3) is 0 Å². The van der Waals surface area contributed by atoms with Crippen molar-refractivity contribution in [2.24, 2.45) is 0 Å². The van der Waals surface area contributed by atoms with Crippen LogP contribution in [0.15, 0.2) is 12.7 Å². The lowest BCUT2D eigenvalue weighted by Gasteiger charge is -2.25. The molecular formula is C9H15NO3. The van der Waals surface area contributed by atoms with Gasteiger partial charge in [-0.05, 0) is 13.3 Å². The van der Waals surface area contributed by atoms with E-state index < -0.39 is 11.5 Å². The Balaban J connectivity index is 4.60. The Kier molecular flexibility index (Phi) is 4.17. The maximum absolute atomic E-state index is 11.3. The fourth-order valence-electron chi connectivity index (χ4n) is 1.09. The van der Waals surface area contributed by atoms with E-state index >= 15 is 0 Å². The van der Waals surface area contributed by atoms with Crippen molar-refractivity contribution in [3.63, 3.8) is 0 Å². The second-order valence-corrected chi connectivity index (χ2v) is 3.00. The number of nitrogens with one attached hydrogen (secondary N) is 1. The maximum atomic E-state index is 11.3. The first-order valence-electron chi connectivity index (χ1n) is 3.94. The molecule has 0 saturated heterocycles. The molecule has 1 atom stereocenters. The van der Waals surface area contributed by atoms with Gasteiger partial charge in [-0.25, -0.2) is 4.79 Å². The van der Waals surface area contributed by atoms with E-state index in [4.69, 9.17) is 0 Å². The quantitative estimate of drug-likeness (QED) is 0.516. The zero-order valence-electron chi connectivity index (χ0n) is 8.22. The van der Waals surface area contributed by atoms with E-state index in [2.05, 4.69) is 16.6 Å². The number of rotatable bonds is 4. The average molecular weight is 185 g/mol. The van der Waals surface area contributed by atoms with E-state index in [0.29, 0.717) is 6.42 Å². The van der Waals surface area contributed by atoms with Crippen LogP contribution in [-0.2, 0) is 14.3 Å². The molecule has 0 aromatic heterocycles. The summed E-state index contributed by atoms with van der Waals surface area (Å²) < 4.78 is 4.57. The van der Waals surface area contributed by atoms with Gasteiger partial charge < -0.3 is 10.1 Å². The number of carbonyl (C=O) groups excluding carboxylic acids is 2. The summed E-state index contributed by atoms with van der Waals surface area (Å²) in [6.45, 7) is 6.46. The Morgan fingerprint density at radius 2 is 2.15 bits per heavy atom. The predicted octanol–water partition coefficient (Wildman–Crippen LogP) is 0.630. The molecule has 0 bridgehead atoms. The molecule has 13 heavy (non-hydrogen) atoms. The molecule has 0 radical (unpaired) electrons. The minimum absolute atomic E-state index is 0.269. The summed E-state index contributed by atoms with van der Waals surface area (Å²) in [5.41, 5.74) is -0.998. The van der Waals surface area contributed by atoms with Crippen LogP contribution in [0.4, 0.5) is 0 Å². The Morgan fingerprint density at radius 1 is 1.62 bits per heavy atom. The van der Waals surface area contributed by atoms with Crippen LogP contribution in [0.1, 0.15) is 20.3 Å². The minimum Gasteiger partial charge on any atom is -0.467 e. The van der Waals surface area contributed by atoms with Crippen LogP contribution in [0.3, 0.4) is 0 Å². The monoisotopic (exact) mass is 185 g/mol. The van der Waals surface area contributed by atoms with Gasteiger partial charge in [-0.2, -0.15) is 0 Å². The highest BCUT2D eigenvalue weighted by Crippen LogP contribution is 2.12. The maximum Gasteiger partial charge on any atom is 0.331 e. The van der Waals surface area contributed by atoms with Crippen molar-refractivity contribution >= 4 is 11.9 Å². The lowest BCUT2D eigenvalue weighted by atomic mass is 9.98. The van der Waals surface area contributed by atoms with Crippen molar-refractivity contribution < 1.29 is 14.3 Å². The first kappa shape index (κ1) is 11.7. The number of carbonyl (C=O) groups is 2. The molecule has 0 aliphatic heterocycles. The largest absolute Gasteiger partial charge is 0.467 e. The number of ether oxygens (including phenoxy) is 1. The second kappa shape index (κ2) is 4.64. The van der Waals surface area contributed by atoms with Crippen LogP contribution in [0, 0.1) is 0 Å². The Morgan fingerprint density at radius 3 is 2.46 bits per heavy atom. The van der Waals surface area contributed by atoms with Crippen LogP contribution < -0.4 is 5.32 Å². The molecule has 0 unspecified atom stereocenters. The van der Waals surface area contributed by atoms with Gasteiger partial charge >= 0.3 is 5.97 Å². The van der Waals surface area contributed by atoms with Gasteiger partial charge in [0, 0.05) is 6.92 Å². The summed E-state index contributed by atoms with van der Waals surface area (Å²) in [4.78, 5) is 22.1. The first-order valence-corrected chi connectivity index (χ1v) is 3.94. The van der Waals surface area contributed by atoms with Crippen molar-refractivity contribution in [2.75, 3.05) is 7.11 Å². The molecule has 4 heteroatoms. The van der Waals surface area contributed by atoms with Gasteiger partial charge in [0.1, 0.15) is 5.54 Å². The zero-order chi connectivity index (χ0) is 10.5. The van der Waals surface area contributed by atoms with E-state index in [0.717, 1.165) is 0 Å². The molecule has 0 aliphatic carbocycles. The second-order valence-electron chi connectivity index (χ2n) is 3.00. The van der Waals surface area contributed by atoms with E-state index in [1.165, 1.54) is 14.0 Å². The van der Waals surface area contributed by atoms with Crippen molar-refractivity contribution in [3.8, 4) is 0 Å². The third kappa shape index (κ3) is 3.27. The summed E-state index contributed by atoms with van der Waals surface area (Å²) in [5.74, 6) is -0.739. The standard InChI is InChI=1S/C9H15NO3/c1-5-6-9(3,8(12)13-4)10-7(2)11/h5H,1,6H2,2-4H3,(H,10,11)/t9-/m1/s1. The van der Waals surface area contributed by atoms with Crippen LogP contribution in [-0.4, -0.2) is 24.5 Å². The Hall–Kier alpha value is -1.32. The first-order chi connectivity index (χ1) is 5.96. The number of hydrogen-bond acceptors (Lipinski definition) is 3.